The molecule has 2 heterocycles. The van der Waals surface area contributed by atoms with Crippen molar-refractivity contribution in [2.75, 3.05) is 12.1 Å². The van der Waals surface area contributed by atoms with E-state index in [-0.39, 0.29) is 12.2 Å². The third kappa shape index (κ3) is 5.27. The van der Waals surface area contributed by atoms with Crippen LogP contribution in [0.15, 0.2) is 17.1 Å². The van der Waals surface area contributed by atoms with Gasteiger partial charge < -0.3 is 19.8 Å². The molecule has 1 aliphatic heterocycles. The van der Waals surface area contributed by atoms with Crippen LogP contribution in [0.3, 0.4) is 0 Å². The monoisotopic (exact) mass is 401 g/mol. The molecule has 1 fully saturated rings. The lowest BCUT2D eigenvalue weighted by Crippen LogP contribution is -2.42. The summed E-state index contributed by atoms with van der Waals surface area (Å²) in [6.07, 6.45) is 2.27. The van der Waals surface area contributed by atoms with Gasteiger partial charge >= 0.3 is 11.7 Å². The number of aliphatic hydroxyl groups is 2. The van der Waals surface area contributed by atoms with E-state index in [0.717, 1.165) is 43.6 Å². The van der Waals surface area contributed by atoms with Gasteiger partial charge in [0.1, 0.15) is 12.2 Å². The summed E-state index contributed by atoms with van der Waals surface area (Å²) in [5.41, 5.74) is -0.848. The summed E-state index contributed by atoms with van der Waals surface area (Å²) in [5.74, 6) is -0.481. The summed E-state index contributed by atoms with van der Waals surface area (Å²) in [6, 6.07) is 1.31. The average Bonchev–Trinajstić information content (AvgIpc) is 2.89. The minimum absolute atomic E-state index is 0.0154. The Morgan fingerprint density at radius 1 is 1.43 bits per heavy atom. The summed E-state index contributed by atoms with van der Waals surface area (Å²) < 4.78 is 20.9. The molecule has 1 aliphatic rings. The minimum Gasteiger partial charge on any atom is -0.394 e. The third-order valence-electron chi connectivity index (χ3n) is 4.73. The van der Waals surface area contributed by atoms with E-state index in [1.807, 2.05) is 0 Å². The molecule has 4 atom stereocenters. The number of alkyl halides is 1. The molecule has 0 aromatic carbocycles. The first-order valence-corrected chi connectivity index (χ1v) is 9.49. The molecule has 1 saturated heterocycles. The van der Waals surface area contributed by atoms with Crippen LogP contribution >= 0.6 is 0 Å². The van der Waals surface area contributed by atoms with Crippen molar-refractivity contribution in [3.05, 3.63) is 22.7 Å². The Labute approximate surface area is 162 Å². The number of halogens is 1. The van der Waals surface area contributed by atoms with Gasteiger partial charge in [-0.15, -0.1) is 0 Å². The second kappa shape index (κ2) is 9.94. The number of hydrogen-bond donors (Lipinski definition) is 3. The number of rotatable bonds is 10. The summed E-state index contributed by atoms with van der Waals surface area (Å²) in [7, 11) is 0. The van der Waals surface area contributed by atoms with Crippen molar-refractivity contribution in [2.24, 2.45) is 0 Å². The van der Waals surface area contributed by atoms with Crippen molar-refractivity contribution in [3.63, 3.8) is 0 Å². The molecular formula is C18H28FN3O6. The predicted octanol–water partition coefficient (Wildman–Crippen LogP) is 1.45. The summed E-state index contributed by atoms with van der Waals surface area (Å²) >= 11 is 0. The molecule has 158 valence electrons. The Kier molecular flexibility index (Phi) is 7.90. The van der Waals surface area contributed by atoms with E-state index < -0.39 is 42.4 Å². The maximum Gasteiger partial charge on any atom is 0.351 e. The lowest BCUT2D eigenvalue weighted by atomic mass is 9.98. The zero-order valence-corrected chi connectivity index (χ0v) is 16.1. The van der Waals surface area contributed by atoms with Crippen LogP contribution in [0.2, 0.25) is 0 Å². The van der Waals surface area contributed by atoms with Crippen LogP contribution < -0.4 is 11.2 Å². The Hall–Kier alpha value is -2.04. The number of aliphatic hydroxyl groups excluding tert-OH is 2. The third-order valence-corrected chi connectivity index (χ3v) is 4.73. The molecule has 9 nitrogen and oxygen atoms in total. The molecule has 0 amide bonds. The molecule has 2 rings (SSSR count). The van der Waals surface area contributed by atoms with Crippen LogP contribution in [0.4, 0.5) is 10.2 Å². The molecule has 1 aromatic heterocycles. The fourth-order valence-corrected chi connectivity index (χ4v) is 3.04. The Morgan fingerprint density at radius 3 is 2.75 bits per heavy atom. The van der Waals surface area contributed by atoms with Crippen molar-refractivity contribution in [1.82, 2.24) is 9.55 Å². The van der Waals surface area contributed by atoms with Crippen molar-refractivity contribution in [2.45, 2.75) is 76.5 Å². The van der Waals surface area contributed by atoms with E-state index in [2.05, 4.69) is 17.4 Å². The molecule has 0 aliphatic carbocycles. The van der Waals surface area contributed by atoms with Gasteiger partial charge in [-0.3, -0.25) is 4.57 Å². The van der Waals surface area contributed by atoms with Gasteiger partial charge in [-0.25, -0.2) is 19.5 Å². The molecule has 0 spiro atoms. The number of ether oxygens (including phenoxy) is 1. The SMILES string of the molecule is CCCCCCCC(=O)ONc1ccn([C@@H]2O[C@H](CO)C(O)[C@@]2(C)F)c(=O)n1. The zero-order valence-electron chi connectivity index (χ0n) is 16.1. The number of carbonyl (C=O) groups excluding carboxylic acids is 1. The highest BCUT2D eigenvalue weighted by Gasteiger charge is 2.55. The van der Waals surface area contributed by atoms with Gasteiger partial charge in [0.25, 0.3) is 0 Å². The highest BCUT2D eigenvalue weighted by Crippen LogP contribution is 2.40. The van der Waals surface area contributed by atoms with Crippen LogP contribution in [-0.2, 0) is 14.4 Å². The van der Waals surface area contributed by atoms with E-state index in [1.54, 1.807) is 0 Å². The normalized spacial score (nSPS) is 27.0. The maximum absolute atomic E-state index is 14.8. The Bertz CT molecular complexity index is 711. The molecular weight excluding hydrogens is 373 g/mol. The van der Waals surface area contributed by atoms with Crippen molar-refractivity contribution in [1.29, 1.82) is 0 Å². The number of anilines is 1. The highest BCUT2D eigenvalue weighted by molar-refractivity contribution is 5.70. The quantitative estimate of drug-likeness (QED) is 0.398. The number of unbranched alkanes of at least 4 members (excludes halogenated alkanes) is 4. The first-order valence-electron chi connectivity index (χ1n) is 9.49. The Balaban J connectivity index is 1.92. The lowest BCUT2D eigenvalue weighted by Gasteiger charge is -2.24. The number of aromatic nitrogens is 2. The molecule has 1 unspecified atom stereocenters. The topological polar surface area (TPSA) is 123 Å². The van der Waals surface area contributed by atoms with Crippen molar-refractivity contribution < 1.29 is 29.0 Å². The number of hydrogen-bond acceptors (Lipinski definition) is 8. The summed E-state index contributed by atoms with van der Waals surface area (Å²) in [5, 5.41) is 19.1. The first kappa shape index (κ1) is 22.3. The van der Waals surface area contributed by atoms with Gasteiger partial charge in [-0.2, -0.15) is 4.98 Å². The van der Waals surface area contributed by atoms with Gasteiger partial charge in [-0.1, -0.05) is 32.6 Å². The molecule has 10 heteroatoms. The number of nitrogens with zero attached hydrogens (tertiary/aromatic N) is 2. The first-order chi connectivity index (χ1) is 13.3. The van der Waals surface area contributed by atoms with E-state index in [1.165, 1.54) is 12.3 Å². The molecule has 0 saturated carbocycles. The van der Waals surface area contributed by atoms with Crippen LogP contribution in [-0.4, -0.2) is 50.2 Å². The summed E-state index contributed by atoms with van der Waals surface area (Å²) in [6.45, 7) is 2.60. The maximum atomic E-state index is 14.8. The molecule has 0 bridgehead atoms. The number of carbonyl (C=O) groups is 1. The van der Waals surface area contributed by atoms with E-state index in [0.29, 0.717) is 0 Å². The van der Waals surface area contributed by atoms with E-state index in [4.69, 9.17) is 14.7 Å². The van der Waals surface area contributed by atoms with Crippen LogP contribution in [0, 0.1) is 0 Å². The van der Waals surface area contributed by atoms with Crippen LogP contribution in [0.25, 0.3) is 0 Å². The predicted molar refractivity (Wildman–Crippen MR) is 98.1 cm³/mol. The molecule has 1 aromatic rings. The van der Waals surface area contributed by atoms with Gasteiger partial charge in [-0.05, 0) is 13.3 Å². The molecule has 0 radical (unpaired) electrons. The minimum atomic E-state index is -2.29. The van der Waals surface area contributed by atoms with Gasteiger partial charge in [0.15, 0.2) is 17.7 Å². The van der Waals surface area contributed by atoms with Crippen molar-refractivity contribution in [3.8, 4) is 0 Å². The smallest absolute Gasteiger partial charge is 0.351 e. The van der Waals surface area contributed by atoms with Gasteiger partial charge in [0, 0.05) is 18.7 Å². The van der Waals surface area contributed by atoms with Crippen LogP contribution in [0.1, 0.15) is 58.6 Å². The van der Waals surface area contributed by atoms with Crippen molar-refractivity contribution >= 4 is 11.8 Å². The van der Waals surface area contributed by atoms with E-state index in [9.17, 15) is 19.1 Å². The second-order valence-electron chi connectivity index (χ2n) is 7.05. The lowest BCUT2D eigenvalue weighted by molar-refractivity contribution is -0.140. The summed E-state index contributed by atoms with van der Waals surface area (Å²) in [4.78, 5) is 32.4. The fourth-order valence-electron chi connectivity index (χ4n) is 3.04. The van der Waals surface area contributed by atoms with E-state index >= 15 is 0 Å². The molecule has 28 heavy (non-hydrogen) atoms. The van der Waals surface area contributed by atoms with Gasteiger partial charge in [0.05, 0.1) is 6.61 Å². The number of nitrogens with one attached hydrogen (secondary N) is 1. The highest BCUT2D eigenvalue weighted by atomic mass is 19.1. The second-order valence-corrected chi connectivity index (χ2v) is 7.05. The Morgan fingerprint density at radius 2 is 2.14 bits per heavy atom. The van der Waals surface area contributed by atoms with Crippen LogP contribution in [0.5, 0.6) is 0 Å². The average molecular weight is 401 g/mol. The fraction of sp³-hybridized carbons (Fsp3) is 0.722. The largest absolute Gasteiger partial charge is 0.394 e. The van der Waals surface area contributed by atoms with Gasteiger partial charge in [0.2, 0.25) is 0 Å². The molecule has 3 N–H and O–H groups in total. The zero-order chi connectivity index (χ0) is 20.7. The standard InChI is InChI=1S/C18H28FN3O6/c1-3-4-5-6-7-8-14(24)28-21-13-9-10-22(17(26)20-13)16-18(2,19)15(25)12(11-23)27-16/h9-10,12,15-16,23,25H,3-8,11H2,1-2H3,(H,20,21,26)/t12-,15?,16-,18-/m1/s1.